The Balaban J connectivity index is 2.11. The number of hydrazone groups is 1. The number of carbonyl (C=O) groups is 1. The molecule has 1 aromatic carbocycles. The van der Waals surface area contributed by atoms with E-state index in [0.29, 0.717) is 0 Å². The summed E-state index contributed by atoms with van der Waals surface area (Å²) in [5, 5.41) is 21.0. The van der Waals surface area contributed by atoms with Crippen LogP contribution in [0.1, 0.15) is 16.1 Å². The van der Waals surface area contributed by atoms with Crippen molar-refractivity contribution in [1.29, 1.82) is 0 Å². The van der Waals surface area contributed by atoms with E-state index in [9.17, 15) is 14.9 Å². The molecular formula is C10H7ClN6O4. The van der Waals surface area contributed by atoms with E-state index in [1.165, 1.54) is 18.2 Å². The predicted molar refractivity (Wildman–Crippen MR) is 71.9 cm³/mol. The highest BCUT2D eigenvalue weighted by atomic mass is 35.5. The maximum Gasteiger partial charge on any atom is 0.297 e. The SMILES string of the molecule is Nc1nonc1C(=O)N/N=C\c1cc([N+](=O)[O-])ccc1Cl. The molecule has 2 aromatic rings. The van der Waals surface area contributed by atoms with Gasteiger partial charge in [0.05, 0.1) is 11.1 Å². The smallest absolute Gasteiger partial charge is 0.297 e. The van der Waals surface area contributed by atoms with Crippen molar-refractivity contribution in [2.75, 3.05) is 5.73 Å². The van der Waals surface area contributed by atoms with Gasteiger partial charge in [-0.15, -0.1) is 0 Å². The molecule has 1 heterocycles. The largest absolute Gasteiger partial charge is 0.379 e. The average Bonchev–Trinajstić information content (AvgIpc) is 2.86. The molecule has 0 saturated heterocycles. The number of amides is 1. The number of benzene rings is 1. The Bertz CT molecular complexity index is 728. The van der Waals surface area contributed by atoms with Gasteiger partial charge in [-0.3, -0.25) is 14.9 Å². The molecular weight excluding hydrogens is 304 g/mol. The molecule has 0 aliphatic carbocycles. The summed E-state index contributed by atoms with van der Waals surface area (Å²) in [6.45, 7) is 0. The number of non-ortho nitro benzene ring substituents is 1. The Morgan fingerprint density at radius 1 is 1.52 bits per heavy atom. The van der Waals surface area contributed by atoms with Crippen LogP contribution in [-0.2, 0) is 0 Å². The lowest BCUT2D eigenvalue weighted by atomic mass is 10.2. The van der Waals surface area contributed by atoms with Crippen molar-refractivity contribution in [2.45, 2.75) is 0 Å². The minimum atomic E-state index is -0.744. The molecule has 0 unspecified atom stereocenters. The van der Waals surface area contributed by atoms with Crippen LogP contribution >= 0.6 is 11.6 Å². The van der Waals surface area contributed by atoms with Crippen molar-refractivity contribution < 1.29 is 14.3 Å². The molecule has 0 fully saturated rings. The molecule has 21 heavy (non-hydrogen) atoms. The second-order valence-electron chi connectivity index (χ2n) is 3.66. The van der Waals surface area contributed by atoms with Gasteiger partial charge in [0.1, 0.15) is 0 Å². The number of hydrogen-bond acceptors (Lipinski definition) is 8. The zero-order valence-corrected chi connectivity index (χ0v) is 10.9. The molecule has 108 valence electrons. The van der Waals surface area contributed by atoms with Crippen LogP contribution in [0.25, 0.3) is 0 Å². The molecule has 0 radical (unpaired) electrons. The van der Waals surface area contributed by atoms with E-state index >= 15 is 0 Å². The fourth-order valence-corrected chi connectivity index (χ4v) is 1.48. The van der Waals surface area contributed by atoms with Crippen molar-refractivity contribution in [2.24, 2.45) is 5.10 Å². The summed E-state index contributed by atoms with van der Waals surface area (Å²) < 4.78 is 4.26. The summed E-state index contributed by atoms with van der Waals surface area (Å²) in [7, 11) is 0. The molecule has 0 spiro atoms. The summed E-state index contributed by atoms with van der Waals surface area (Å²) in [5.41, 5.74) is 7.32. The second kappa shape index (κ2) is 5.96. The molecule has 0 saturated carbocycles. The number of nitrogens with zero attached hydrogens (tertiary/aromatic N) is 4. The third kappa shape index (κ3) is 3.30. The molecule has 3 N–H and O–H groups in total. The van der Waals surface area contributed by atoms with Gasteiger partial charge in [0.2, 0.25) is 11.5 Å². The Morgan fingerprint density at radius 3 is 2.90 bits per heavy atom. The van der Waals surface area contributed by atoms with Gasteiger partial charge in [-0.2, -0.15) is 5.10 Å². The Labute approximate surface area is 121 Å². The maximum atomic E-state index is 11.6. The summed E-state index contributed by atoms with van der Waals surface area (Å²) >= 11 is 5.86. The minimum Gasteiger partial charge on any atom is -0.379 e. The lowest BCUT2D eigenvalue weighted by Gasteiger charge is -1.98. The Morgan fingerprint density at radius 2 is 2.29 bits per heavy atom. The van der Waals surface area contributed by atoms with Crippen LogP contribution < -0.4 is 11.2 Å². The fourth-order valence-electron chi connectivity index (χ4n) is 1.31. The van der Waals surface area contributed by atoms with Crippen LogP contribution in [0, 0.1) is 10.1 Å². The first kappa shape index (κ1) is 14.4. The molecule has 1 aromatic heterocycles. The quantitative estimate of drug-likeness (QED) is 0.485. The van der Waals surface area contributed by atoms with Gasteiger partial charge >= 0.3 is 0 Å². The van der Waals surface area contributed by atoms with E-state index in [2.05, 4.69) is 25.5 Å². The van der Waals surface area contributed by atoms with Crippen molar-refractivity contribution >= 4 is 35.2 Å². The van der Waals surface area contributed by atoms with Crippen molar-refractivity contribution in [1.82, 2.24) is 15.7 Å². The lowest BCUT2D eigenvalue weighted by Crippen LogP contribution is -2.19. The van der Waals surface area contributed by atoms with E-state index in [-0.39, 0.29) is 27.8 Å². The predicted octanol–water partition coefficient (Wildman–Crippen LogP) is 0.977. The minimum absolute atomic E-state index is 0.155. The van der Waals surface area contributed by atoms with Gasteiger partial charge in [0, 0.05) is 22.7 Å². The zero-order valence-electron chi connectivity index (χ0n) is 10.2. The van der Waals surface area contributed by atoms with Crippen LogP contribution in [0.5, 0.6) is 0 Å². The van der Waals surface area contributed by atoms with Crippen molar-refractivity contribution in [3.05, 3.63) is 44.6 Å². The van der Waals surface area contributed by atoms with Gasteiger partial charge in [0.15, 0.2) is 0 Å². The Hall–Kier alpha value is -3.01. The standard InChI is InChI=1S/C10H7ClN6O4/c11-7-2-1-6(17(19)20)3-5(7)4-13-14-10(18)8-9(12)16-21-15-8/h1-4H,(H2,12,16)(H,14,18)/b13-4-. The first-order chi connectivity index (χ1) is 9.99. The number of nitrogens with two attached hydrogens (primary N) is 1. The molecule has 10 nitrogen and oxygen atoms in total. The van der Waals surface area contributed by atoms with Crippen molar-refractivity contribution in [3.63, 3.8) is 0 Å². The van der Waals surface area contributed by atoms with Crippen LogP contribution in [0.15, 0.2) is 27.9 Å². The van der Waals surface area contributed by atoms with Gasteiger partial charge in [-0.05, 0) is 16.4 Å². The number of carbonyl (C=O) groups excluding carboxylic acids is 1. The molecule has 0 aliphatic heterocycles. The first-order valence-electron chi connectivity index (χ1n) is 5.34. The number of nitro groups is 1. The zero-order chi connectivity index (χ0) is 15.4. The lowest BCUT2D eigenvalue weighted by molar-refractivity contribution is -0.384. The number of nitro benzene ring substituents is 1. The third-order valence-electron chi connectivity index (χ3n) is 2.29. The number of anilines is 1. The highest BCUT2D eigenvalue weighted by Gasteiger charge is 2.15. The first-order valence-corrected chi connectivity index (χ1v) is 5.72. The van der Waals surface area contributed by atoms with Crippen LogP contribution in [0.3, 0.4) is 0 Å². The summed E-state index contributed by atoms with van der Waals surface area (Å²) in [6.07, 6.45) is 1.15. The summed E-state index contributed by atoms with van der Waals surface area (Å²) in [5.74, 6) is -0.928. The normalized spacial score (nSPS) is 10.7. The summed E-state index contributed by atoms with van der Waals surface area (Å²) in [4.78, 5) is 21.6. The number of hydrogen-bond donors (Lipinski definition) is 2. The van der Waals surface area contributed by atoms with E-state index in [1.807, 2.05) is 0 Å². The van der Waals surface area contributed by atoms with Crippen molar-refractivity contribution in [3.8, 4) is 0 Å². The van der Waals surface area contributed by atoms with Crippen LogP contribution in [0.2, 0.25) is 5.02 Å². The Kier molecular flexibility index (Phi) is 4.09. The highest BCUT2D eigenvalue weighted by Crippen LogP contribution is 2.20. The molecule has 11 heteroatoms. The van der Waals surface area contributed by atoms with E-state index in [4.69, 9.17) is 17.3 Å². The van der Waals surface area contributed by atoms with Gasteiger partial charge in [-0.1, -0.05) is 11.6 Å². The number of aromatic nitrogens is 2. The average molecular weight is 311 g/mol. The fraction of sp³-hybridized carbons (Fsp3) is 0. The highest BCUT2D eigenvalue weighted by molar-refractivity contribution is 6.33. The van der Waals surface area contributed by atoms with Gasteiger partial charge < -0.3 is 5.73 Å². The number of nitrogen functional groups attached to an aromatic ring is 1. The summed E-state index contributed by atoms with van der Waals surface area (Å²) in [6, 6.07) is 3.81. The molecule has 1 amide bonds. The van der Waals surface area contributed by atoms with Crippen LogP contribution in [-0.4, -0.2) is 27.4 Å². The monoisotopic (exact) mass is 310 g/mol. The second-order valence-corrected chi connectivity index (χ2v) is 4.07. The number of rotatable bonds is 4. The third-order valence-corrected chi connectivity index (χ3v) is 2.63. The van der Waals surface area contributed by atoms with E-state index < -0.39 is 10.8 Å². The molecule has 2 rings (SSSR count). The number of halogens is 1. The topological polar surface area (TPSA) is 150 Å². The molecule has 0 bridgehead atoms. The number of nitrogens with one attached hydrogen (secondary N) is 1. The van der Waals surface area contributed by atoms with E-state index in [1.54, 1.807) is 0 Å². The molecule has 0 aliphatic rings. The molecule has 0 atom stereocenters. The maximum absolute atomic E-state index is 11.6. The van der Waals surface area contributed by atoms with Crippen LogP contribution in [0.4, 0.5) is 11.5 Å². The van der Waals surface area contributed by atoms with E-state index in [0.717, 1.165) is 6.21 Å². The van der Waals surface area contributed by atoms with Gasteiger partial charge in [-0.25, -0.2) is 10.1 Å². The van der Waals surface area contributed by atoms with Gasteiger partial charge in [0.25, 0.3) is 11.6 Å².